The highest BCUT2D eigenvalue weighted by Gasteiger charge is 2.19. The zero-order valence-corrected chi connectivity index (χ0v) is 13.4. The molecular weight excluding hydrogens is 284 g/mol. The summed E-state index contributed by atoms with van der Waals surface area (Å²) in [5.74, 6) is 1.14. The van der Waals surface area contributed by atoms with Crippen molar-refractivity contribution in [2.75, 3.05) is 7.11 Å². The van der Waals surface area contributed by atoms with Crippen molar-refractivity contribution in [3.63, 3.8) is 0 Å². The Morgan fingerprint density at radius 2 is 1.48 bits per heavy atom. The smallest absolute Gasteiger partial charge is 0.119 e. The number of rotatable bonds is 4. The Morgan fingerprint density at radius 1 is 0.826 bits per heavy atom. The number of ether oxygens (including phenoxy) is 1. The van der Waals surface area contributed by atoms with Gasteiger partial charge in [0.05, 0.1) is 7.11 Å². The quantitative estimate of drug-likeness (QED) is 0.695. The van der Waals surface area contributed by atoms with Crippen LogP contribution in [0, 0.1) is 6.92 Å². The Balaban J connectivity index is 2.13. The molecule has 0 radical (unpaired) electrons. The number of methoxy groups -OCH3 is 1. The Kier molecular flexibility index (Phi) is 4.33. The van der Waals surface area contributed by atoms with Gasteiger partial charge in [0.1, 0.15) is 11.5 Å². The minimum Gasteiger partial charge on any atom is -0.508 e. The SMILES string of the molecule is COc1ccc([C@@H](c2ccccc2)c2ccc(C)cc2O)cc1. The van der Waals surface area contributed by atoms with E-state index in [1.165, 1.54) is 0 Å². The van der Waals surface area contributed by atoms with Crippen LogP contribution in [0.15, 0.2) is 72.8 Å². The lowest BCUT2D eigenvalue weighted by atomic mass is 9.84. The van der Waals surface area contributed by atoms with E-state index in [1.54, 1.807) is 7.11 Å². The van der Waals surface area contributed by atoms with Gasteiger partial charge in [-0.3, -0.25) is 0 Å². The summed E-state index contributed by atoms with van der Waals surface area (Å²) < 4.78 is 5.25. The van der Waals surface area contributed by atoms with Crippen LogP contribution in [-0.2, 0) is 0 Å². The first-order valence-electron chi connectivity index (χ1n) is 7.67. The van der Waals surface area contributed by atoms with Crippen LogP contribution in [0.25, 0.3) is 0 Å². The second-order valence-corrected chi connectivity index (χ2v) is 5.68. The second-order valence-electron chi connectivity index (χ2n) is 5.68. The zero-order chi connectivity index (χ0) is 16.2. The zero-order valence-electron chi connectivity index (χ0n) is 13.4. The van der Waals surface area contributed by atoms with Crippen LogP contribution in [0.5, 0.6) is 11.5 Å². The van der Waals surface area contributed by atoms with Gasteiger partial charge in [-0.05, 0) is 41.8 Å². The molecule has 0 bridgehead atoms. The first-order valence-corrected chi connectivity index (χ1v) is 7.67. The molecule has 1 N–H and O–H groups in total. The fourth-order valence-corrected chi connectivity index (χ4v) is 2.89. The van der Waals surface area contributed by atoms with E-state index in [0.29, 0.717) is 5.75 Å². The summed E-state index contributed by atoms with van der Waals surface area (Å²) in [4.78, 5) is 0. The topological polar surface area (TPSA) is 29.5 Å². The number of hydrogen-bond donors (Lipinski definition) is 1. The minimum absolute atomic E-state index is 0.0114. The normalized spacial score (nSPS) is 11.9. The highest BCUT2D eigenvalue weighted by molar-refractivity contribution is 5.50. The van der Waals surface area contributed by atoms with Crippen LogP contribution in [0.1, 0.15) is 28.2 Å². The molecule has 0 aromatic heterocycles. The standard InChI is InChI=1S/C21H20O2/c1-15-8-13-19(20(22)14-15)21(16-6-4-3-5-7-16)17-9-11-18(23-2)12-10-17/h3-14,21-22H,1-2H3/t21-/m1/s1. The van der Waals surface area contributed by atoms with Crippen molar-refractivity contribution in [1.82, 2.24) is 0 Å². The first-order chi connectivity index (χ1) is 11.2. The maximum absolute atomic E-state index is 10.5. The largest absolute Gasteiger partial charge is 0.508 e. The molecule has 3 aromatic carbocycles. The van der Waals surface area contributed by atoms with E-state index in [1.807, 2.05) is 55.5 Å². The lowest BCUT2D eigenvalue weighted by Crippen LogP contribution is -2.04. The van der Waals surface area contributed by atoms with Crippen molar-refractivity contribution in [1.29, 1.82) is 0 Å². The molecule has 1 atom stereocenters. The van der Waals surface area contributed by atoms with E-state index >= 15 is 0 Å². The summed E-state index contributed by atoms with van der Waals surface area (Å²) in [6, 6.07) is 24.1. The van der Waals surface area contributed by atoms with Gasteiger partial charge in [-0.2, -0.15) is 0 Å². The molecule has 23 heavy (non-hydrogen) atoms. The Bertz CT molecular complexity index is 777. The van der Waals surface area contributed by atoms with Crippen molar-refractivity contribution in [2.24, 2.45) is 0 Å². The van der Waals surface area contributed by atoms with Gasteiger partial charge in [-0.25, -0.2) is 0 Å². The molecule has 0 spiro atoms. The molecular formula is C21H20O2. The van der Waals surface area contributed by atoms with E-state index in [-0.39, 0.29) is 5.92 Å². The maximum atomic E-state index is 10.5. The van der Waals surface area contributed by atoms with Gasteiger partial charge >= 0.3 is 0 Å². The van der Waals surface area contributed by atoms with Gasteiger partial charge in [0, 0.05) is 11.5 Å². The number of benzene rings is 3. The van der Waals surface area contributed by atoms with Gasteiger partial charge in [0.15, 0.2) is 0 Å². The van der Waals surface area contributed by atoms with Crippen molar-refractivity contribution >= 4 is 0 Å². The van der Waals surface area contributed by atoms with Crippen LogP contribution >= 0.6 is 0 Å². The van der Waals surface area contributed by atoms with E-state index in [4.69, 9.17) is 4.74 Å². The highest BCUT2D eigenvalue weighted by atomic mass is 16.5. The molecule has 0 amide bonds. The predicted molar refractivity (Wildman–Crippen MR) is 93.2 cm³/mol. The lowest BCUT2D eigenvalue weighted by Gasteiger charge is -2.20. The van der Waals surface area contributed by atoms with Gasteiger partial charge in [-0.1, -0.05) is 54.6 Å². The van der Waals surface area contributed by atoms with E-state index in [0.717, 1.165) is 28.0 Å². The molecule has 116 valence electrons. The van der Waals surface area contributed by atoms with Gasteiger partial charge < -0.3 is 9.84 Å². The molecule has 0 aliphatic heterocycles. The van der Waals surface area contributed by atoms with Gasteiger partial charge in [0.2, 0.25) is 0 Å². The summed E-state index contributed by atoms with van der Waals surface area (Å²) in [6.07, 6.45) is 0. The predicted octanol–water partition coefficient (Wildman–Crippen LogP) is 4.89. The molecule has 3 aromatic rings. The molecule has 0 heterocycles. The molecule has 0 aliphatic carbocycles. The number of hydrogen-bond acceptors (Lipinski definition) is 2. The fraction of sp³-hybridized carbons (Fsp3) is 0.143. The second kappa shape index (κ2) is 6.57. The summed E-state index contributed by atoms with van der Waals surface area (Å²) in [5, 5.41) is 10.5. The molecule has 2 heteroatoms. The Labute approximate surface area is 137 Å². The molecule has 3 rings (SSSR count). The third kappa shape index (κ3) is 3.21. The number of aryl methyl sites for hydroxylation is 1. The van der Waals surface area contributed by atoms with Crippen LogP contribution in [0.2, 0.25) is 0 Å². The maximum Gasteiger partial charge on any atom is 0.119 e. The summed E-state index contributed by atoms with van der Waals surface area (Å²) in [6.45, 7) is 1.98. The molecule has 0 aliphatic rings. The third-order valence-electron chi connectivity index (χ3n) is 4.08. The van der Waals surface area contributed by atoms with Crippen molar-refractivity contribution in [3.8, 4) is 11.5 Å². The summed E-state index contributed by atoms with van der Waals surface area (Å²) >= 11 is 0. The monoisotopic (exact) mass is 304 g/mol. The summed E-state index contributed by atoms with van der Waals surface area (Å²) in [7, 11) is 1.66. The van der Waals surface area contributed by atoms with Crippen molar-refractivity contribution < 1.29 is 9.84 Å². The summed E-state index contributed by atoms with van der Waals surface area (Å²) in [5.41, 5.74) is 4.23. The number of phenolic OH excluding ortho intramolecular Hbond substituents is 1. The molecule has 0 saturated heterocycles. The average molecular weight is 304 g/mol. The van der Waals surface area contributed by atoms with Crippen LogP contribution in [0.3, 0.4) is 0 Å². The van der Waals surface area contributed by atoms with Crippen LogP contribution in [-0.4, -0.2) is 12.2 Å². The highest BCUT2D eigenvalue weighted by Crippen LogP contribution is 2.37. The number of phenols is 1. The van der Waals surface area contributed by atoms with E-state index in [9.17, 15) is 5.11 Å². The first kappa shape index (κ1) is 15.2. The minimum atomic E-state index is -0.0114. The van der Waals surface area contributed by atoms with Crippen LogP contribution in [0.4, 0.5) is 0 Å². The number of aromatic hydroxyl groups is 1. The van der Waals surface area contributed by atoms with Gasteiger partial charge in [-0.15, -0.1) is 0 Å². The molecule has 0 saturated carbocycles. The third-order valence-corrected chi connectivity index (χ3v) is 4.08. The molecule has 0 unspecified atom stereocenters. The van der Waals surface area contributed by atoms with E-state index in [2.05, 4.69) is 24.3 Å². The Morgan fingerprint density at radius 3 is 2.09 bits per heavy atom. The fourth-order valence-electron chi connectivity index (χ4n) is 2.89. The van der Waals surface area contributed by atoms with Crippen molar-refractivity contribution in [2.45, 2.75) is 12.8 Å². The molecule has 2 nitrogen and oxygen atoms in total. The molecule has 0 fully saturated rings. The Hall–Kier alpha value is -2.74. The van der Waals surface area contributed by atoms with E-state index < -0.39 is 0 Å². The lowest BCUT2D eigenvalue weighted by molar-refractivity contribution is 0.414. The van der Waals surface area contributed by atoms with Crippen LogP contribution < -0.4 is 4.74 Å². The van der Waals surface area contributed by atoms with Crippen molar-refractivity contribution in [3.05, 3.63) is 95.1 Å². The van der Waals surface area contributed by atoms with Gasteiger partial charge in [0.25, 0.3) is 0 Å². The average Bonchev–Trinajstić information content (AvgIpc) is 2.59.